The van der Waals surface area contributed by atoms with Crippen molar-refractivity contribution in [3.63, 3.8) is 0 Å². The Morgan fingerprint density at radius 2 is 2.00 bits per heavy atom. The first-order chi connectivity index (χ1) is 7.34. The maximum Gasteiger partial charge on any atom is 0.0725 e. The third kappa shape index (κ3) is 1.59. The van der Waals surface area contributed by atoms with Crippen LogP contribution in [0, 0.1) is 0 Å². The van der Waals surface area contributed by atoms with Gasteiger partial charge in [-0.05, 0) is 34.4 Å². The SMILES string of the molecule is Clc1cc2c(cc1C1=CCOC1)CNC2. The van der Waals surface area contributed by atoms with Crippen LogP contribution in [0.4, 0.5) is 0 Å². The Kier molecular flexibility index (Phi) is 2.28. The molecule has 1 N–H and O–H groups in total. The van der Waals surface area contributed by atoms with E-state index < -0.39 is 0 Å². The Bertz CT molecular complexity index is 439. The van der Waals surface area contributed by atoms with Crippen molar-refractivity contribution in [2.24, 2.45) is 0 Å². The Balaban J connectivity index is 2.08. The van der Waals surface area contributed by atoms with Crippen molar-refractivity contribution in [3.05, 3.63) is 39.9 Å². The standard InChI is InChI=1S/C12H12ClNO/c13-12-4-10-6-14-5-9(10)3-11(12)8-1-2-15-7-8/h1,3-4,14H,2,5-7H2. The predicted molar refractivity (Wildman–Crippen MR) is 60.8 cm³/mol. The minimum atomic E-state index is 0.686. The van der Waals surface area contributed by atoms with Crippen LogP contribution in [-0.2, 0) is 17.8 Å². The average Bonchev–Trinajstić information content (AvgIpc) is 2.85. The summed E-state index contributed by atoms with van der Waals surface area (Å²) < 4.78 is 5.32. The van der Waals surface area contributed by atoms with Gasteiger partial charge in [0.1, 0.15) is 0 Å². The molecule has 0 spiro atoms. The van der Waals surface area contributed by atoms with Crippen LogP contribution in [-0.4, -0.2) is 13.2 Å². The molecule has 2 aliphatic rings. The maximum atomic E-state index is 6.26. The van der Waals surface area contributed by atoms with E-state index in [9.17, 15) is 0 Å². The number of nitrogens with one attached hydrogen (secondary N) is 1. The van der Waals surface area contributed by atoms with Gasteiger partial charge in [0, 0.05) is 18.1 Å². The molecule has 0 radical (unpaired) electrons. The Morgan fingerprint density at radius 1 is 1.20 bits per heavy atom. The maximum absolute atomic E-state index is 6.26. The summed E-state index contributed by atoms with van der Waals surface area (Å²) in [5.74, 6) is 0. The van der Waals surface area contributed by atoms with Crippen LogP contribution in [0.15, 0.2) is 18.2 Å². The van der Waals surface area contributed by atoms with Gasteiger partial charge in [0.2, 0.25) is 0 Å². The molecule has 1 aromatic rings. The second-order valence-electron chi connectivity index (χ2n) is 3.95. The lowest BCUT2D eigenvalue weighted by Gasteiger charge is -2.07. The van der Waals surface area contributed by atoms with Gasteiger partial charge >= 0.3 is 0 Å². The van der Waals surface area contributed by atoms with Crippen molar-refractivity contribution < 1.29 is 4.74 Å². The van der Waals surface area contributed by atoms with Gasteiger partial charge in [-0.3, -0.25) is 0 Å². The van der Waals surface area contributed by atoms with Gasteiger partial charge in [0.25, 0.3) is 0 Å². The molecule has 1 aromatic carbocycles. The van der Waals surface area contributed by atoms with Crippen molar-refractivity contribution in [2.75, 3.05) is 13.2 Å². The van der Waals surface area contributed by atoms with E-state index in [0.717, 1.165) is 23.7 Å². The van der Waals surface area contributed by atoms with Gasteiger partial charge in [0.05, 0.1) is 13.2 Å². The van der Waals surface area contributed by atoms with E-state index >= 15 is 0 Å². The van der Waals surface area contributed by atoms with Gasteiger partial charge in [-0.25, -0.2) is 0 Å². The zero-order valence-electron chi connectivity index (χ0n) is 8.35. The summed E-state index contributed by atoms with van der Waals surface area (Å²) in [6.07, 6.45) is 2.11. The van der Waals surface area contributed by atoms with Gasteiger partial charge in [0.15, 0.2) is 0 Å². The third-order valence-corrected chi connectivity index (χ3v) is 3.28. The zero-order valence-corrected chi connectivity index (χ0v) is 9.10. The van der Waals surface area contributed by atoms with E-state index in [0.29, 0.717) is 13.2 Å². The Hall–Kier alpha value is -0.830. The monoisotopic (exact) mass is 221 g/mol. The van der Waals surface area contributed by atoms with Crippen molar-refractivity contribution in [1.29, 1.82) is 0 Å². The topological polar surface area (TPSA) is 21.3 Å². The highest BCUT2D eigenvalue weighted by Crippen LogP contribution is 2.31. The van der Waals surface area contributed by atoms with Crippen LogP contribution in [0.2, 0.25) is 5.02 Å². The minimum Gasteiger partial charge on any atom is -0.373 e. The molecule has 3 rings (SSSR count). The second-order valence-corrected chi connectivity index (χ2v) is 4.36. The summed E-state index contributed by atoms with van der Waals surface area (Å²) in [6.45, 7) is 3.28. The molecule has 0 unspecified atom stereocenters. The molecular weight excluding hydrogens is 210 g/mol. The van der Waals surface area contributed by atoms with Crippen molar-refractivity contribution in [1.82, 2.24) is 5.32 Å². The van der Waals surface area contributed by atoms with E-state index in [1.165, 1.54) is 16.7 Å². The third-order valence-electron chi connectivity index (χ3n) is 2.97. The van der Waals surface area contributed by atoms with E-state index in [-0.39, 0.29) is 0 Å². The summed E-state index contributed by atoms with van der Waals surface area (Å²) in [4.78, 5) is 0. The van der Waals surface area contributed by atoms with Gasteiger partial charge in [-0.2, -0.15) is 0 Å². The van der Waals surface area contributed by atoms with Crippen LogP contribution in [0.1, 0.15) is 16.7 Å². The molecule has 2 heterocycles. The molecule has 3 heteroatoms. The van der Waals surface area contributed by atoms with Crippen LogP contribution in [0.3, 0.4) is 0 Å². The number of fused-ring (bicyclic) bond motifs is 1. The fourth-order valence-corrected chi connectivity index (χ4v) is 2.45. The molecule has 0 amide bonds. The van der Waals surface area contributed by atoms with Crippen LogP contribution in [0.5, 0.6) is 0 Å². The minimum absolute atomic E-state index is 0.686. The molecule has 0 atom stereocenters. The normalized spacial score (nSPS) is 19.1. The lowest BCUT2D eigenvalue weighted by atomic mass is 10.0. The van der Waals surface area contributed by atoms with Gasteiger partial charge in [-0.15, -0.1) is 0 Å². The summed E-state index contributed by atoms with van der Waals surface area (Å²) >= 11 is 6.26. The van der Waals surface area contributed by atoms with Crippen LogP contribution < -0.4 is 5.32 Å². The summed E-state index contributed by atoms with van der Waals surface area (Å²) in [5, 5.41) is 4.17. The molecule has 2 aliphatic heterocycles. The molecular formula is C12H12ClNO. The Labute approximate surface area is 93.9 Å². The first-order valence-corrected chi connectivity index (χ1v) is 5.51. The highest BCUT2D eigenvalue weighted by Gasteiger charge is 2.16. The van der Waals surface area contributed by atoms with Crippen LogP contribution >= 0.6 is 11.6 Å². The lowest BCUT2D eigenvalue weighted by Crippen LogP contribution is -1.99. The lowest BCUT2D eigenvalue weighted by molar-refractivity contribution is 0.216. The number of halogens is 1. The van der Waals surface area contributed by atoms with E-state index in [2.05, 4.69) is 23.5 Å². The quantitative estimate of drug-likeness (QED) is 0.786. The molecule has 0 saturated heterocycles. The van der Waals surface area contributed by atoms with Crippen molar-refractivity contribution in [2.45, 2.75) is 13.1 Å². The van der Waals surface area contributed by atoms with Crippen molar-refractivity contribution in [3.8, 4) is 0 Å². The number of benzene rings is 1. The van der Waals surface area contributed by atoms with E-state index in [1.54, 1.807) is 0 Å². The van der Waals surface area contributed by atoms with Crippen molar-refractivity contribution >= 4 is 17.2 Å². The van der Waals surface area contributed by atoms with Gasteiger partial charge < -0.3 is 10.1 Å². The number of rotatable bonds is 1. The number of hydrogen-bond donors (Lipinski definition) is 1. The fraction of sp³-hybridized carbons (Fsp3) is 0.333. The number of hydrogen-bond acceptors (Lipinski definition) is 2. The molecule has 2 nitrogen and oxygen atoms in total. The number of ether oxygens (including phenoxy) is 1. The highest BCUT2D eigenvalue weighted by atomic mass is 35.5. The highest BCUT2D eigenvalue weighted by molar-refractivity contribution is 6.32. The average molecular weight is 222 g/mol. The summed E-state index contributed by atoms with van der Waals surface area (Å²) in [6, 6.07) is 4.27. The molecule has 15 heavy (non-hydrogen) atoms. The molecule has 0 aliphatic carbocycles. The molecule has 0 saturated carbocycles. The molecule has 78 valence electrons. The van der Waals surface area contributed by atoms with Gasteiger partial charge in [-0.1, -0.05) is 17.7 Å². The first-order valence-electron chi connectivity index (χ1n) is 5.14. The van der Waals surface area contributed by atoms with Crippen LogP contribution in [0.25, 0.3) is 5.57 Å². The molecule has 0 fully saturated rings. The predicted octanol–water partition coefficient (Wildman–Crippen LogP) is 2.36. The first kappa shape index (κ1) is 9.40. The fourth-order valence-electron chi connectivity index (χ4n) is 2.14. The molecule has 0 aromatic heterocycles. The zero-order chi connectivity index (χ0) is 10.3. The Morgan fingerprint density at radius 3 is 2.73 bits per heavy atom. The van der Waals surface area contributed by atoms with E-state index in [4.69, 9.17) is 16.3 Å². The molecule has 0 bridgehead atoms. The largest absolute Gasteiger partial charge is 0.373 e. The summed E-state index contributed by atoms with van der Waals surface area (Å²) in [7, 11) is 0. The smallest absolute Gasteiger partial charge is 0.0725 e. The summed E-state index contributed by atoms with van der Waals surface area (Å²) in [5.41, 5.74) is 5.04. The second kappa shape index (κ2) is 3.63. The van der Waals surface area contributed by atoms with E-state index in [1.807, 2.05) is 0 Å².